The van der Waals surface area contributed by atoms with E-state index in [0.717, 1.165) is 32.2 Å². The molecule has 1 aromatic heterocycles. The summed E-state index contributed by atoms with van der Waals surface area (Å²) in [5.74, 6) is 0.695. The molecule has 6 nitrogen and oxygen atoms in total. The largest absolute Gasteiger partial charge is 0.494 e. The molecule has 34 heavy (non-hydrogen) atoms. The van der Waals surface area contributed by atoms with Crippen molar-refractivity contribution in [3.63, 3.8) is 0 Å². The number of thiocarbonyl (C=S) groups is 1. The lowest BCUT2D eigenvalue weighted by Crippen LogP contribution is -2.22. The lowest BCUT2D eigenvalue weighted by Gasteiger charge is -2.13. The van der Waals surface area contributed by atoms with Gasteiger partial charge in [-0.25, -0.2) is 4.98 Å². The van der Waals surface area contributed by atoms with Crippen LogP contribution in [0.4, 0.5) is 16.5 Å². The molecule has 3 aromatic carbocycles. The first-order chi connectivity index (χ1) is 16.5. The van der Waals surface area contributed by atoms with Crippen molar-refractivity contribution in [2.24, 2.45) is 0 Å². The van der Waals surface area contributed by atoms with Crippen LogP contribution in [0.1, 0.15) is 13.8 Å². The van der Waals surface area contributed by atoms with E-state index in [1.54, 1.807) is 0 Å². The van der Waals surface area contributed by atoms with Crippen molar-refractivity contribution in [2.45, 2.75) is 24.0 Å². The number of aromatic nitrogens is 1. The maximum Gasteiger partial charge on any atom is 0.239 e. The minimum atomic E-state index is -0.310. The van der Waals surface area contributed by atoms with E-state index in [0.29, 0.717) is 16.9 Å². The van der Waals surface area contributed by atoms with E-state index in [9.17, 15) is 4.79 Å². The van der Waals surface area contributed by atoms with E-state index in [4.69, 9.17) is 17.0 Å². The Morgan fingerprint density at radius 1 is 1.03 bits per heavy atom. The predicted octanol–water partition coefficient (Wildman–Crippen LogP) is 6.62. The number of thiazole rings is 1. The summed E-state index contributed by atoms with van der Waals surface area (Å²) in [5, 5.41) is 10.1. The zero-order chi connectivity index (χ0) is 23.9. The first-order valence-corrected chi connectivity index (χ1v) is 12.8. The Hall–Kier alpha value is -3.14. The van der Waals surface area contributed by atoms with Crippen molar-refractivity contribution in [3.8, 4) is 5.75 Å². The van der Waals surface area contributed by atoms with Gasteiger partial charge in [0.2, 0.25) is 5.91 Å². The average molecular weight is 509 g/mol. The van der Waals surface area contributed by atoms with E-state index in [2.05, 4.69) is 20.9 Å². The molecule has 0 radical (unpaired) electrons. The summed E-state index contributed by atoms with van der Waals surface area (Å²) >= 11 is 8.32. The molecular weight excluding hydrogens is 485 g/mol. The molecule has 9 heteroatoms. The monoisotopic (exact) mass is 508 g/mol. The lowest BCUT2D eigenvalue weighted by molar-refractivity contribution is -0.115. The molecule has 4 rings (SSSR count). The van der Waals surface area contributed by atoms with Crippen molar-refractivity contribution in [1.29, 1.82) is 0 Å². The van der Waals surface area contributed by atoms with Gasteiger partial charge in [0.05, 0.1) is 22.1 Å². The molecule has 0 saturated carbocycles. The summed E-state index contributed by atoms with van der Waals surface area (Å²) in [6, 6.07) is 23.3. The number of thioether (sulfide) groups is 1. The molecule has 0 aliphatic carbocycles. The van der Waals surface area contributed by atoms with Crippen molar-refractivity contribution in [1.82, 2.24) is 4.98 Å². The minimum absolute atomic E-state index is 0.103. The van der Waals surface area contributed by atoms with Gasteiger partial charge in [-0.1, -0.05) is 35.6 Å². The summed E-state index contributed by atoms with van der Waals surface area (Å²) in [6.07, 6.45) is 0. The molecule has 0 saturated heterocycles. The van der Waals surface area contributed by atoms with E-state index in [1.165, 1.54) is 23.1 Å². The zero-order valence-corrected chi connectivity index (χ0v) is 21.2. The first kappa shape index (κ1) is 24.0. The highest BCUT2D eigenvalue weighted by Gasteiger charge is 2.17. The van der Waals surface area contributed by atoms with Gasteiger partial charge in [-0.15, -0.1) is 11.8 Å². The summed E-state index contributed by atoms with van der Waals surface area (Å²) in [6.45, 7) is 4.43. The molecular formula is C25H24N4O2S3. The number of fused-ring (bicyclic) bond motifs is 1. The van der Waals surface area contributed by atoms with Gasteiger partial charge in [-0.2, -0.15) is 0 Å². The number of amides is 1. The van der Waals surface area contributed by atoms with Crippen LogP contribution in [0.5, 0.6) is 5.75 Å². The number of hydrogen-bond donors (Lipinski definition) is 3. The molecule has 0 spiro atoms. The second-order valence-corrected chi connectivity index (χ2v) is 10.2. The highest BCUT2D eigenvalue weighted by atomic mass is 32.2. The van der Waals surface area contributed by atoms with Gasteiger partial charge >= 0.3 is 0 Å². The van der Waals surface area contributed by atoms with Gasteiger partial charge in [-0.05, 0) is 74.6 Å². The third-order valence-corrected chi connectivity index (χ3v) is 6.94. The summed E-state index contributed by atoms with van der Waals surface area (Å²) in [7, 11) is 0. The molecule has 4 aromatic rings. The van der Waals surface area contributed by atoms with Gasteiger partial charge in [0, 0.05) is 16.3 Å². The molecule has 3 N–H and O–H groups in total. The minimum Gasteiger partial charge on any atom is -0.494 e. The van der Waals surface area contributed by atoms with Crippen molar-refractivity contribution in [3.05, 3.63) is 72.8 Å². The fraction of sp³-hybridized carbons (Fsp3) is 0.160. The predicted molar refractivity (Wildman–Crippen MR) is 147 cm³/mol. The number of nitrogens with one attached hydrogen (secondary N) is 3. The van der Waals surface area contributed by atoms with Gasteiger partial charge in [0.1, 0.15) is 5.75 Å². The van der Waals surface area contributed by atoms with Crippen molar-refractivity contribution in [2.75, 3.05) is 22.6 Å². The van der Waals surface area contributed by atoms with Crippen LogP contribution < -0.4 is 20.7 Å². The van der Waals surface area contributed by atoms with Crippen LogP contribution >= 0.6 is 35.3 Å². The number of benzene rings is 3. The molecule has 1 amide bonds. The van der Waals surface area contributed by atoms with Crippen LogP contribution in [0.25, 0.3) is 10.2 Å². The Morgan fingerprint density at radius 2 is 1.79 bits per heavy atom. The highest BCUT2D eigenvalue weighted by Crippen LogP contribution is 2.31. The third kappa shape index (κ3) is 6.47. The Morgan fingerprint density at radius 3 is 2.59 bits per heavy atom. The number of carbonyl (C=O) groups excluding carboxylic acids is 1. The molecule has 1 unspecified atom stereocenters. The zero-order valence-electron chi connectivity index (χ0n) is 18.7. The van der Waals surface area contributed by atoms with Gasteiger partial charge < -0.3 is 20.7 Å². The summed E-state index contributed by atoms with van der Waals surface area (Å²) in [5.41, 5.74) is 2.60. The quantitative estimate of drug-likeness (QED) is 0.182. The van der Waals surface area contributed by atoms with Crippen molar-refractivity contribution >= 4 is 73.1 Å². The molecule has 0 aliphatic rings. The van der Waals surface area contributed by atoms with E-state index < -0.39 is 0 Å². The van der Waals surface area contributed by atoms with Gasteiger partial charge in [-0.3, -0.25) is 4.79 Å². The standard InChI is InChI=1S/C25H24N4O2S3/c1-3-31-19-12-13-21-22(15-19)34-25(28-21)29-23(30)16(2)33-20-11-7-10-18(14-20)27-24(32)26-17-8-5-4-6-9-17/h4-16H,3H2,1-2H3,(H2,26,27,32)(H,28,29,30). The Bertz CT molecular complexity index is 1290. The fourth-order valence-corrected chi connectivity index (χ4v) is 5.20. The number of para-hydroxylation sites is 1. The maximum atomic E-state index is 12.8. The molecule has 0 fully saturated rings. The first-order valence-electron chi connectivity index (χ1n) is 10.7. The molecule has 0 aliphatic heterocycles. The lowest BCUT2D eigenvalue weighted by atomic mass is 10.3. The highest BCUT2D eigenvalue weighted by molar-refractivity contribution is 8.00. The smallest absolute Gasteiger partial charge is 0.239 e. The van der Waals surface area contributed by atoms with Crippen LogP contribution in [0.15, 0.2) is 77.7 Å². The molecule has 0 bridgehead atoms. The fourth-order valence-electron chi connectivity index (χ4n) is 3.14. The molecule has 174 valence electrons. The van der Waals surface area contributed by atoms with Gasteiger partial charge in [0.25, 0.3) is 0 Å². The number of hydrogen-bond acceptors (Lipinski definition) is 6. The number of carbonyl (C=O) groups is 1. The van der Waals surface area contributed by atoms with Crippen molar-refractivity contribution < 1.29 is 9.53 Å². The summed E-state index contributed by atoms with van der Waals surface area (Å²) < 4.78 is 6.52. The number of nitrogens with zero attached hydrogens (tertiary/aromatic N) is 1. The molecule has 1 atom stereocenters. The van der Waals surface area contributed by atoms with E-state index in [1.807, 2.05) is 86.6 Å². The second-order valence-electron chi connectivity index (χ2n) is 7.30. The summed E-state index contributed by atoms with van der Waals surface area (Å²) in [4.78, 5) is 18.3. The van der Waals surface area contributed by atoms with E-state index in [-0.39, 0.29) is 11.2 Å². The normalized spacial score (nSPS) is 11.6. The van der Waals surface area contributed by atoms with Crippen LogP contribution in [-0.2, 0) is 4.79 Å². The Balaban J connectivity index is 1.35. The van der Waals surface area contributed by atoms with E-state index >= 15 is 0 Å². The maximum absolute atomic E-state index is 12.8. The third-order valence-electron chi connectivity index (χ3n) is 4.71. The van der Waals surface area contributed by atoms with Crippen LogP contribution in [0, 0.1) is 0 Å². The topological polar surface area (TPSA) is 75.3 Å². The second kappa shape index (κ2) is 11.3. The van der Waals surface area contributed by atoms with Crippen LogP contribution in [-0.4, -0.2) is 27.9 Å². The number of rotatable bonds is 8. The van der Waals surface area contributed by atoms with Crippen LogP contribution in [0.2, 0.25) is 0 Å². The average Bonchev–Trinajstić information content (AvgIpc) is 3.21. The SMILES string of the molecule is CCOc1ccc2nc(NC(=O)C(C)Sc3cccc(NC(=S)Nc4ccccc4)c3)sc2c1. The Labute approximate surface area is 212 Å². The molecule has 1 heterocycles. The number of anilines is 3. The Kier molecular flexibility index (Phi) is 7.99. The number of ether oxygens (including phenoxy) is 1. The van der Waals surface area contributed by atoms with Gasteiger partial charge in [0.15, 0.2) is 10.2 Å². The van der Waals surface area contributed by atoms with Crippen LogP contribution in [0.3, 0.4) is 0 Å².